The molecule has 0 aliphatic carbocycles. The molecule has 0 bridgehead atoms. The molecule has 13 heavy (non-hydrogen) atoms. The fourth-order valence-electron chi connectivity index (χ4n) is 0.937. The Morgan fingerprint density at radius 2 is 1.23 bits per heavy atom. The molecule has 0 atom stereocenters. The summed E-state index contributed by atoms with van der Waals surface area (Å²) in [6.45, 7) is 4.58. The molecule has 4 heteroatoms. The lowest BCUT2D eigenvalue weighted by Crippen LogP contribution is -2.24. The summed E-state index contributed by atoms with van der Waals surface area (Å²) in [5.41, 5.74) is 0. The molecule has 0 saturated heterocycles. The smallest absolute Gasteiger partial charge is 0.00553 e. The summed E-state index contributed by atoms with van der Waals surface area (Å²) in [4.78, 5) is 0. The first-order valence-electron chi connectivity index (χ1n) is 4.81. The lowest BCUT2D eigenvalue weighted by Gasteiger charge is -2.04. The molecule has 80 valence electrons. The predicted octanol–water partition coefficient (Wildman–Crippen LogP) is 1.28. The van der Waals surface area contributed by atoms with Crippen molar-refractivity contribution in [1.82, 2.24) is 10.6 Å². The molecular weight excluding hydrogens is 200 g/mol. The molecule has 0 amide bonds. The molecular formula is C9H22N2S2. The molecule has 0 saturated carbocycles. The summed E-state index contributed by atoms with van der Waals surface area (Å²) in [5.74, 6) is 2.44. The lowest BCUT2D eigenvalue weighted by molar-refractivity contribution is 0.623. The molecule has 0 aromatic heterocycles. The van der Waals surface area contributed by atoms with Gasteiger partial charge >= 0.3 is 0 Å². The molecule has 0 unspecified atom stereocenters. The summed E-state index contributed by atoms with van der Waals surface area (Å²) in [6, 6.07) is 0. The second-order valence-electron chi connectivity index (χ2n) is 2.84. The minimum absolute atomic E-state index is 1.14. The van der Waals surface area contributed by atoms with Crippen LogP contribution in [0.5, 0.6) is 0 Å². The molecule has 0 rings (SSSR count). The van der Waals surface area contributed by atoms with E-state index in [1.165, 1.54) is 17.9 Å². The summed E-state index contributed by atoms with van der Waals surface area (Å²) in [5, 5.41) is 6.82. The van der Waals surface area contributed by atoms with Crippen molar-refractivity contribution in [3.05, 3.63) is 0 Å². The van der Waals surface area contributed by atoms with E-state index in [9.17, 15) is 0 Å². The quantitative estimate of drug-likeness (QED) is 0.544. The van der Waals surface area contributed by atoms with Crippen LogP contribution in [0.4, 0.5) is 0 Å². The Morgan fingerprint density at radius 1 is 0.769 bits per heavy atom. The van der Waals surface area contributed by atoms with Crippen LogP contribution in [0.15, 0.2) is 0 Å². The number of nitrogens with one attached hydrogen (secondary N) is 2. The largest absolute Gasteiger partial charge is 0.316 e. The predicted molar refractivity (Wildman–Crippen MR) is 67.1 cm³/mol. The van der Waals surface area contributed by atoms with Crippen LogP contribution in [0.25, 0.3) is 0 Å². The van der Waals surface area contributed by atoms with E-state index >= 15 is 0 Å². The normalized spacial score (nSPS) is 10.6. The Balaban J connectivity index is 2.76. The van der Waals surface area contributed by atoms with Gasteiger partial charge in [-0.15, -0.1) is 0 Å². The van der Waals surface area contributed by atoms with Crippen LogP contribution >= 0.6 is 23.5 Å². The highest BCUT2D eigenvalue weighted by Crippen LogP contribution is 1.88. The third-order valence-electron chi connectivity index (χ3n) is 1.67. The highest BCUT2D eigenvalue weighted by atomic mass is 32.2. The molecule has 0 spiro atoms. The average Bonchev–Trinajstić information content (AvgIpc) is 2.16. The maximum Gasteiger partial charge on any atom is 0.00553 e. The van der Waals surface area contributed by atoms with Gasteiger partial charge in [-0.2, -0.15) is 23.5 Å². The van der Waals surface area contributed by atoms with Gasteiger partial charge in [0.1, 0.15) is 0 Å². The van der Waals surface area contributed by atoms with Crippen molar-refractivity contribution < 1.29 is 0 Å². The maximum atomic E-state index is 3.41. The summed E-state index contributed by atoms with van der Waals surface area (Å²) in [6.07, 6.45) is 5.53. The van der Waals surface area contributed by atoms with Crippen molar-refractivity contribution in [2.75, 3.05) is 50.2 Å². The lowest BCUT2D eigenvalue weighted by atomic mass is 10.4. The maximum absolute atomic E-state index is 3.41. The van der Waals surface area contributed by atoms with Crippen LogP contribution < -0.4 is 10.6 Å². The zero-order chi connectivity index (χ0) is 9.78. The number of rotatable bonds is 10. The molecule has 2 N–H and O–H groups in total. The topological polar surface area (TPSA) is 24.1 Å². The minimum Gasteiger partial charge on any atom is -0.316 e. The van der Waals surface area contributed by atoms with Crippen molar-refractivity contribution in [3.63, 3.8) is 0 Å². The van der Waals surface area contributed by atoms with Crippen LogP contribution in [0, 0.1) is 0 Å². The van der Waals surface area contributed by atoms with Gasteiger partial charge in [0.25, 0.3) is 0 Å². The highest BCUT2D eigenvalue weighted by molar-refractivity contribution is 7.98. The summed E-state index contributed by atoms with van der Waals surface area (Å²) >= 11 is 3.79. The van der Waals surface area contributed by atoms with Gasteiger partial charge in [0.05, 0.1) is 0 Å². The Kier molecular flexibility index (Phi) is 13.2. The third kappa shape index (κ3) is 12.6. The van der Waals surface area contributed by atoms with Crippen LogP contribution in [0.3, 0.4) is 0 Å². The fourth-order valence-corrected chi connectivity index (χ4v) is 1.63. The minimum atomic E-state index is 1.14. The molecule has 2 nitrogen and oxygen atoms in total. The van der Waals surface area contributed by atoms with E-state index in [1.807, 2.05) is 23.5 Å². The molecule has 0 radical (unpaired) electrons. The first-order chi connectivity index (χ1) is 6.41. The number of hydrogen-bond donors (Lipinski definition) is 2. The Morgan fingerprint density at radius 3 is 1.62 bits per heavy atom. The molecule has 0 aromatic rings. The Hall–Kier alpha value is 0.620. The van der Waals surface area contributed by atoms with Gasteiger partial charge in [-0.1, -0.05) is 0 Å². The van der Waals surface area contributed by atoms with E-state index in [0.717, 1.165) is 26.2 Å². The summed E-state index contributed by atoms with van der Waals surface area (Å²) in [7, 11) is 0. The van der Waals surface area contributed by atoms with Crippen molar-refractivity contribution in [2.45, 2.75) is 6.42 Å². The van der Waals surface area contributed by atoms with Crippen LogP contribution in [-0.4, -0.2) is 50.2 Å². The molecule has 0 fully saturated rings. The molecule has 0 aliphatic heterocycles. The zero-order valence-corrected chi connectivity index (χ0v) is 10.4. The SMILES string of the molecule is CSCCNCCCNCCSC. The van der Waals surface area contributed by atoms with Gasteiger partial charge in [-0.05, 0) is 32.0 Å². The number of hydrogen-bond acceptors (Lipinski definition) is 4. The van der Waals surface area contributed by atoms with Gasteiger partial charge in [0, 0.05) is 24.6 Å². The monoisotopic (exact) mass is 222 g/mol. The van der Waals surface area contributed by atoms with Gasteiger partial charge < -0.3 is 10.6 Å². The van der Waals surface area contributed by atoms with E-state index < -0.39 is 0 Å². The van der Waals surface area contributed by atoms with E-state index in [4.69, 9.17) is 0 Å². The van der Waals surface area contributed by atoms with Crippen molar-refractivity contribution in [2.24, 2.45) is 0 Å². The van der Waals surface area contributed by atoms with E-state index in [0.29, 0.717) is 0 Å². The first kappa shape index (κ1) is 13.6. The third-order valence-corrected chi connectivity index (χ3v) is 2.90. The van der Waals surface area contributed by atoms with Gasteiger partial charge in [0.15, 0.2) is 0 Å². The highest BCUT2D eigenvalue weighted by Gasteiger charge is 1.88. The second-order valence-corrected chi connectivity index (χ2v) is 4.81. The van der Waals surface area contributed by atoms with Crippen LogP contribution in [0.1, 0.15) is 6.42 Å². The van der Waals surface area contributed by atoms with Gasteiger partial charge in [0.2, 0.25) is 0 Å². The fraction of sp³-hybridized carbons (Fsp3) is 1.00. The van der Waals surface area contributed by atoms with E-state index in [-0.39, 0.29) is 0 Å². The molecule has 0 heterocycles. The van der Waals surface area contributed by atoms with Crippen molar-refractivity contribution in [3.8, 4) is 0 Å². The second kappa shape index (κ2) is 12.6. The molecule has 0 aliphatic rings. The number of thioether (sulfide) groups is 2. The van der Waals surface area contributed by atoms with Crippen LogP contribution in [0.2, 0.25) is 0 Å². The van der Waals surface area contributed by atoms with E-state index in [2.05, 4.69) is 23.1 Å². The van der Waals surface area contributed by atoms with Gasteiger partial charge in [-0.25, -0.2) is 0 Å². The first-order valence-corrected chi connectivity index (χ1v) is 7.60. The Labute approximate surface area is 91.0 Å². The van der Waals surface area contributed by atoms with Gasteiger partial charge in [-0.3, -0.25) is 0 Å². The zero-order valence-electron chi connectivity index (χ0n) is 8.77. The summed E-state index contributed by atoms with van der Waals surface area (Å²) < 4.78 is 0. The Bertz CT molecular complexity index is 81.7. The molecule has 0 aromatic carbocycles. The average molecular weight is 222 g/mol. The van der Waals surface area contributed by atoms with Crippen molar-refractivity contribution in [1.29, 1.82) is 0 Å². The standard InChI is InChI=1S/C9H22N2S2/c1-12-8-6-10-4-3-5-11-7-9-13-2/h10-11H,3-9H2,1-2H3. The van der Waals surface area contributed by atoms with Crippen molar-refractivity contribution >= 4 is 23.5 Å². The van der Waals surface area contributed by atoms with E-state index in [1.54, 1.807) is 0 Å². The van der Waals surface area contributed by atoms with Crippen LogP contribution in [-0.2, 0) is 0 Å².